The van der Waals surface area contributed by atoms with Gasteiger partial charge in [-0.3, -0.25) is 4.79 Å². The van der Waals surface area contributed by atoms with E-state index < -0.39 is 0 Å². The molecule has 0 amide bonds. The lowest BCUT2D eigenvalue weighted by atomic mass is 9.78. The average Bonchev–Trinajstić information content (AvgIpc) is 3.26. The SMILES string of the molecule is N#CCCC(=O)CC1CCC(c2nnn3cnc4[nH]ccc4c23)CC1. The first-order valence-electron chi connectivity index (χ1n) is 8.82. The van der Waals surface area contributed by atoms with E-state index in [1.54, 1.807) is 10.8 Å². The van der Waals surface area contributed by atoms with E-state index in [-0.39, 0.29) is 5.78 Å². The number of aromatic nitrogens is 5. The minimum Gasteiger partial charge on any atom is -0.346 e. The standard InChI is InChI=1S/C18H20N6O/c19-8-1-2-14(25)10-12-3-5-13(6-4-12)16-17-15-7-9-20-18(15)21-11-24(17)23-22-16/h7,9,11-13,20H,1-6,10H2. The van der Waals surface area contributed by atoms with E-state index >= 15 is 0 Å². The number of ketones is 1. The number of hydrogen-bond donors (Lipinski definition) is 1. The van der Waals surface area contributed by atoms with Gasteiger partial charge in [-0.2, -0.15) is 5.26 Å². The molecule has 1 aliphatic carbocycles. The quantitative estimate of drug-likeness (QED) is 0.771. The Hall–Kier alpha value is -2.75. The molecule has 7 heteroatoms. The van der Waals surface area contributed by atoms with Crippen molar-refractivity contribution in [1.82, 2.24) is 24.8 Å². The van der Waals surface area contributed by atoms with Gasteiger partial charge in [-0.15, -0.1) is 5.10 Å². The van der Waals surface area contributed by atoms with Gasteiger partial charge in [0.2, 0.25) is 0 Å². The summed E-state index contributed by atoms with van der Waals surface area (Å²) in [6.07, 6.45) is 9.04. The van der Waals surface area contributed by atoms with E-state index in [0.29, 0.717) is 31.1 Å². The second-order valence-corrected chi connectivity index (χ2v) is 6.87. The first-order chi connectivity index (χ1) is 12.3. The third kappa shape index (κ3) is 3.00. The summed E-state index contributed by atoms with van der Waals surface area (Å²) in [4.78, 5) is 19.4. The summed E-state index contributed by atoms with van der Waals surface area (Å²) < 4.78 is 1.75. The third-order valence-electron chi connectivity index (χ3n) is 5.26. The van der Waals surface area contributed by atoms with Gasteiger partial charge in [0, 0.05) is 36.8 Å². The smallest absolute Gasteiger partial charge is 0.141 e. The zero-order chi connectivity index (χ0) is 17.2. The van der Waals surface area contributed by atoms with E-state index in [9.17, 15) is 4.79 Å². The molecule has 0 aromatic carbocycles. The van der Waals surface area contributed by atoms with Crippen LogP contribution < -0.4 is 0 Å². The highest BCUT2D eigenvalue weighted by molar-refractivity contribution is 5.92. The zero-order valence-electron chi connectivity index (χ0n) is 14.0. The number of carbonyl (C=O) groups is 1. The van der Waals surface area contributed by atoms with Gasteiger partial charge in [0.05, 0.1) is 11.8 Å². The molecule has 3 heterocycles. The van der Waals surface area contributed by atoms with Gasteiger partial charge in [-0.1, -0.05) is 5.21 Å². The number of hydrogen-bond acceptors (Lipinski definition) is 5. The van der Waals surface area contributed by atoms with Crippen molar-refractivity contribution in [2.45, 2.75) is 50.9 Å². The van der Waals surface area contributed by atoms with Crippen LogP contribution in [-0.2, 0) is 4.79 Å². The molecule has 1 fully saturated rings. The Bertz CT molecular complexity index is 941. The highest BCUT2D eigenvalue weighted by Crippen LogP contribution is 2.38. The fraction of sp³-hybridized carbons (Fsp3) is 0.500. The predicted molar refractivity (Wildman–Crippen MR) is 91.8 cm³/mol. The van der Waals surface area contributed by atoms with Crippen LogP contribution in [0.2, 0.25) is 0 Å². The number of carbonyl (C=O) groups excluding carboxylic acids is 1. The molecule has 4 rings (SSSR count). The number of fused-ring (bicyclic) bond motifs is 3. The molecule has 25 heavy (non-hydrogen) atoms. The second kappa shape index (κ2) is 6.63. The molecule has 1 N–H and O–H groups in total. The molecule has 0 atom stereocenters. The number of Topliss-reactive ketones (excluding diaryl/α,β-unsaturated/α-hetero) is 1. The van der Waals surface area contributed by atoms with Crippen molar-refractivity contribution in [3.8, 4) is 6.07 Å². The number of nitriles is 1. The molecule has 7 nitrogen and oxygen atoms in total. The summed E-state index contributed by atoms with van der Waals surface area (Å²) in [5.41, 5.74) is 2.94. The van der Waals surface area contributed by atoms with Crippen LogP contribution in [0.1, 0.15) is 56.6 Å². The monoisotopic (exact) mass is 336 g/mol. The lowest BCUT2D eigenvalue weighted by molar-refractivity contribution is -0.120. The first kappa shape index (κ1) is 15.8. The van der Waals surface area contributed by atoms with Gasteiger partial charge in [-0.25, -0.2) is 9.50 Å². The average molecular weight is 336 g/mol. The summed E-state index contributed by atoms with van der Waals surface area (Å²) >= 11 is 0. The van der Waals surface area contributed by atoms with Crippen LogP contribution >= 0.6 is 0 Å². The number of H-pyrrole nitrogens is 1. The van der Waals surface area contributed by atoms with Crippen molar-refractivity contribution in [1.29, 1.82) is 5.26 Å². The minimum atomic E-state index is 0.221. The zero-order valence-corrected chi connectivity index (χ0v) is 14.0. The molecule has 0 aliphatic heterocycles. The first-order valence-corrected chi connectivity index (χ1v) is 8.82. The van der Waals surface area contributed by atoms with Gasteiger partial charge in [0.15, 0.2) is 0 Å². The highest BCUT2D eigenvalue weighted by Gasteiger charge is 2.27. The Labute approximate surface area is 145 Å². The Balaban J connectivity index is 1.48. The number of nitrogens with zero attached hydrogens (tertiary/aromatic N) is 5. The van der Waals surface area contributed by atoms with Crippen LogP contribution in [0.3, 0.4) is 0 Å². The molecule has 0 spiro atoms. The van der Waals surface area contributed by atoms with Crippen molar-refractivity contribution in [3.05, 3.63) is 24.3 Å². The summed E-state index contributed by atoms with van der Waals surface area (Å²) in [7, 11) is 0. The van der Waals surface area contributed by atoms with Gasteiger partial charge in [-0.05, 0) is 37.7 Å². The van der Waals surface area contributed by atoms with Gasteiger partial charge >= 0.3 is 0 Å². The molecule has 1 saturated carbocycles. The molecule has 128 valence electrons. The van der Waals surface area contributed by atoms with Crippen molar-refractivity contribution < 1.29 is 4.79 Å². The fourth-order valence-corrected chi connectivity index (χ4v) is 3.95. The Morgan fingerprint density at radius 3 is 3.00 bits per heavy atom. The van der Waals surface area contributed by atoms with E-state index in [0.717, 1.165) is 47.9 Å². The van der Waals surface area contributed by atoms with Crippen LogP contribution in [0.15, 0.2) is 18.6 Å². The highest BCUT2D eigenvalue weighted by atomic mass is 16.1. The molecular weight excluding hydrogens is 316 g/mol. The van der Waals surface area contributed by atoms with Gasteiger partial charge in [0.1, 0.15) is 23.3 Å². The lowest BCUT2D eigenvalue weighted by Gasteiger charge is -2.27. The van der Waals surface area contributed by atoms with Crippen molar-refractivity contribution in [2.24, 2.45) is 5.92 Å². The topological polar surface area (TPSA) is 99.7 Å². The number of nitrogens with one attached hydrogen (secondary N) is 1. The minimum absolute atomic E-state index is 0.221. The summed E-state index contributed by atoms with van der Waals surface area (Å²) in [6, 6.07) is 4.06. The third-order valence-corrected chi connectivity index (χ3v) is 5.26. The molecule has 0 bridgehead atoms. The molecule has 1 aliphatic rings. The molecule has 0 saturated heterocycles. The van der Waals surface area contributed by atoms with Crippen molar-refractivity contribution >= 4 is 22.3 Å². The maximum Gasteiger partial charge on any atom is 0.141 e. The molecule has 0 radical (unpaired) electrons. The number of rotatable bonds is 5. The summed E-state index contributed by atoms with van der Waals surface area (Å²) in [5.74, 6) is 1.04. The van der Waals surface area contributed by atoms with E-state index in [1.165, 1.54) is 0 Å². The Morgan fingerprint density at radius 1 is 1.36 bits per heavy atom. The van der Waals surface area contributed by atoms with E-state index in [2.05, 4.69) is 20.3 Å². The van der Waals surface area contributed by atoms with Crippen molar-refractivity contribution in [2.75, 3.05) is 0 Å². The maximum absolute atomic E-state index is 11.9. The van der Waals surface area contributed by atoms with Crippen LogP contribution in [-0.4, -0.2) is 30.6 Å². The van der Waals surface area contributed by atoms with Crippen LogP contribution in [0.4, 0.5) is 0 Å². The van der Waals surface area contributed by atoms with Gasteiger partial charge in [0.25, 0.3) is 0 Å². The Kier molecular flexibility index (Phi) is 4.18. The molecule has 3 aromatic heterocycles. The van der Waals surface area contributed by atoms with Crippen LogP contribution in [0, 0.1) is 17.2 Å². The summed E-state index contributed by atoms with van der Waals surface area (Å²) in [6.45, 7) is 0. The van der Waals surface area contributed by atoms with Gasteiger partial charge < -0.3 is 4.98 Å². The normalized spacial score (nSPS) is 20.8. The Morgan fingerprint density at radius 2 is 2.20 bits per heavy atom. The van der Waals surface area contributed by atoms with Crippen molar-refractivity contribution in [3.63, 3.8) is 0 Å². The van der Waals surface area contributed by atoms with Crippen LogP contribution in [0.5, 0.6) is 0 Å². The molecule has 0 unspecified atom stereocenters. The fourth-order valence-electron chi connectivity index (χ4n) is 3.95. The summed E-state index contributed by atoms with van der Waals surface area (Å²) in [5, 5.41) is 18.3. The molecule has 3 aromatic rings. The lowest BCUT2D eigenvalue weighted by Crippen LogP contribution is -2.17. The largest absolute Gasteiger partial charge is 0.346 e. The maximum atomic E-state index is 11.9. The van der Waals surface area contributed by atoms with Crippen LogP contribution in [0.25, 0.3) is 16.6 Å². The van der Waals surface area contributed by atoms with E-state index in [4.69, 9.17) is 5.26 Å². The second-order valence-electron chi connectivity index (χ2n) is 6.87. The number of aromatic amines is 1. The predicted octanol–water partition coefficient (Wildman–Crippen LogP) is 3.14. The molecular formula is C18H20N6O. The van der Waals surface area contributed by atoms with E-state index in [1.807, 2.05) is 18.3 Å².